The molecule has 0 aromatic heterocycles. The number of nitro groups is 2. The molecule has 20 heavy (non-hydrogen) atoms. The van der Waals surface area contributed by atoms with Gasteiger partial charge in [-0.25, -0.2) is 0 Å². The SMILES string of the molecule is CCCCc1ccc([N+](=O)[O-])cc1[N+](=O)[O-].NS(=O)[O-]. The Hall–Kier alpha value is -1.91. The van der Waals surface area contributed by atoms with Gasteiger partial charge in [0.1, 0.15) is 0 Å². The van der Waals surface area contributed by atoms with Crippen molar-refractivity contribution < 1.29 is 18.6 Å². The average molecular weight is 304 g/mol. The van der Waals surface area contributed by atoms with Crippen molar-refractivity contribution in [2.45, 2.75) is 26.2 Å². The fourth-order valence-corrected chi connectivity index (χ4v) is 1.41. The lowest BCUT2D eigenvalue weighted by molar-refractivity contribution is -0.394. The Balaban J connectivity index is 0.000000796. The molecule has 0 spiro atoms. The van der Waals surface area contributed by atoms with Crippen LogP contribution >= 0.6 is 0 Å². The maximum Gasteiger partial charge on any atom is 0.279 e. The second-order valence-electron chi connectivity index (χ2n) is 3.69. The number of unbranched alkanes of at least 4 members (excludes halogenated alkanes) is 1. The first kappa shape index (κ1) is 18.1. The summed E-state index contributed by atoms with van der Waals surface area (Å²) in [5.74, 6) is 0. The van der Waals surface area contributed by atoms with Gasteiger partial charge in [-0.3, -0.25) is 29.6 Å². The maximum atomic E-state index is 10.7. The van der Waals surface area contributed by atoms with E-state index in [1.54, 1.807) is 0 Å². The predicted octanol–water partition coefficient (Wildman–Crippen LogP) is 1.58. The fraction of sp³-hybridized carbons (Fsp3) is 0.400. The van der Waals surface area contributed by atoms with Gasteiger partial charge in [-0.05, 0) is 18.9 Å². The van der Waals surface area contributed by atoms with Crippen molar-refractivity contribution in [3.8, 4) is 0 Å². The van der Waals surface area contributed by atoms with Crippen LogP contribution in [0.2, 0.25) is 0 Å². The van der Waals surface area contributed by atoms with E-state index in [1.165, 1.54) is 12.1 Å². The number of nitrogens with two attached hydrogens (primary N) is 1. The molecule has 9 nitrogen and oxygen atoms in total. The fourth-order valence-electron chi connectivity index (χ4n) is 1.41. The quantitative estimate of drug-likeness (QED) is 0.495. The van der Waals surface area contributed by atoms with Crippen LogP contribution in [0, 0.1) is 20.2 Å². The van der Waals surface area contributed by atoms with Crippen molar-refractivity contribution in [1.29, 1.82) is 0 Å². The highest BCUT2D eigenvalue weighted by Crippen LogP contribution is 2.25. The molecular formula is C10H14N3O6S-. The monoisotopic (exact) mass is 304 g/mol. The van der Waals surface area contributed by atoms with E-state index in [0.29, 0.717) is 12.0 Å². The molecule has 0 saturated heterocycles. The number of nitro benzene ring substituents is 2. The van der Waals surface area contributed by atoms with Crippen molar-refractivity contribution in [1.82, 2.24) is 0 Å². The van der Waals surface area contributed by atoms with Crippen LogP contribution in [0.25, 0.3) is 0 Å². The number of hydrogen-bond donors (Lipinski definition) is 1. The predicted molar refractivity (Wildman–Crippen MR) is 71.5 cm³/mol. The molecule has 0 bridgehead atoms. The van der Waals surface area contributed by atoms with Gasteiger partial charge in [-0.2, -0.15) is 0 Å². The van der Waals surface area contributed by atoms with E-state index in [0.717, 1.165) is 18.9 Å². The molecule has 1 aromatic rings. The Morgan fingerprint density at radius 1 is 1.25 bits per heavy atom. The summed E-state index contributed by atoms with van der Waals surface area (Å²) < 4.78 is 17.6. The van der Waals surface area contributed by atoms with Gasteiger partial charge in [0, 0.05) is 22.9 Å². The zero-order chi connectivity index (χ0) is 15.7. The van der Waals surface area contributed by atoms with Crippen molar-refractivity contribution in [3.63, 3.8) is 0 Å². The van der Waals surface area contributed by atoms with Gasteiger partial charge >= 0.3 is 0 Å². The zero-order valence-electron chi connectivity index (χ0n) is 10.7. The van der Waals surface area contributed by atoms with Crippen LogP contribution in [0.3, 0.4) is 0 Å². The minimum atomic E-state index is -2.36. The first-order chi connectivity index (χ1) is 9.29. The highest BCUT2D eigenvalue weighted by molar-refractivity contribution is 7.76. The highest BCUT2D eigenvalue weighted by atomic mass is 32.2. The molecule has 1 aromatic carbocycles. The summed E-state index contributed by atoms with van der Waals surface area (Å²) in [5.41, 5.74) is 0.145. The standard InChI is InChI=1S/C10H12N2O4.H3NO2S/c1-2-3-4-8-5-6-9(11(13)14)7-10(8)12(15)16;1-4(2)3/h5-7H,2-4H2,1H3;1H2,(H,2,3)/p-1. The van der Waals surface area contributed by atoms with Crippen LogP contribution in [0.5, 0.6) is 0 Å². The average Bonchev–Trinajstić information content (AvgIpc) is 2.35. The minimum Gasteiger partial charge on any atom is -0.760 e. The van der Waals surface area contributed by atoms with Crippen LogP contribution in [-0.2, 0) is 17.7 Å². The number of benzene rings is 1. The summed E-state index contributed by atoms with van der Waals surface area (Å²) in [5, 5.41) is 25.3. The molecule has 0 amide bonds. The molecule has 10 heteroatoms. The normalized spacial score (nSPS) is 11.2. The third-order valence-electron chi connectivity index (χ3n) is 2.28. The van der Waals surface area contributed by atoms with E-state index in [1.807, 2.05) is 6.92 Å². The van der Waals surface area contributed by atoms with Gasteiger partial charge in [0.15, 0.2) is 0 Å². The van der Waals surface area contributed by atoms with Crippen molar-refractivity contribution in [2.75, 3.05) is 0 Å². The topological polar surface area (TPSA) is 152 Å². The van der Waals surface area contributed by atoms with E-state index in [2.05, 4.69) is 5.14 Å². The highest BCUT2D eigenvalue weighted by Gasteiger charge is 2.18. The summed E-state index contributed by atoms with van der Waals surface area (Å²) in [6.07, 6.45) is 2.33. The van der Waals surface area contributed by atoms with Crippen molar-refractivity contribution >= 4 is 22.6 Å². The largest absolute Gasteiger partial charge is 0.760 e. The van der Waals surface area contributed by atoms with Crippen LogP contribution in [0.15, 0.2) is 18.2 Å². The molecule has 112 valence electrons. The Morgan fingerprint density at radius 3 is 2.20 bits per heavy atom. The summed E-state index contributed by atoms with van der Waals surface area (Å²) in [4.78, 5) is 20.0. The Bertz CT molecular complexity index is 504. The molecule has 1 atom stereocenters. The van der Waals surface area contributed by atoms with Gasteiger partial charge in [-0.1, -0.05) is 13.3 Å². The lowest BCUT2D eigenvalue weighted by atomic mass is 10.1. The van der Waals surface area contributed by atoms with Gasteiger partial charge in [0.25, 0.3) is 11.4 Å². The Kier molecular flexibility index (Phi) is 8.20. The first-order valence-electron chi connectivity index (χ1n) is 5.55. The van der Waals surface area contributed by atoms with Crippen molar-refractivity contribution in [3.05, 3.63) is 44.0 Å². The summed E-state index contributed by atoms with van der Waals surface area (Å²) in [7, 11) is 0. The maximum absolute atomic E-state index is 10.7. The molecular weight excluding hydrogens is 290 g/mol. The molecule has 0 aliphatic carbocycles. The third-order valence-corrected chi connectivity index (χ3v) is 2.28. The number of hydrogen-bond acceptors (Lipinski definition) is 6. The van der Waals surface area contributed by atoms with E-state index in [9.17, 15) is 20.2 Å². The number of nitrogens with zero attached hydrogens (tertiary/aromatic N) is 2. The minimum absolute atomic E-state index is 0.164. The molecule has 0 aliphatic heterocycles. The number of aryl methyl sites for hydroxylation is 1. The van der Waals surface area contributed by atoms with Gasteiger partial charge < -0.3 is 4.55 Å². The molecule has 1 unspecified atom stereocenters. The van der Waals surface area contributed by atoms with Crippen LogP contribution < -0.4 is 5.14 Å². The van der Waals surface area contributed by atoms with Crippen LogP contribution in [0.1, 0.15) is 25.3 Å². The molecule has 0 radical (unpaired) electrons. The van der Waals surface area contributed by atoms with E-state index >= 15 is 0 Å². The smallest absolute Gasteiger partial charge is 0.279 e. The van der Waals surface area contributed by atoms with E-state index in [4.69, 9.17) is 8.76 Å². The first-order valence-corrected chi connectivity index (χ1v) is 6.68. The van der Waals surface area contributed by atoms with E-state index < -0.39 is 21.1 Å². The molecule has 2 N–H and O–H groups in total. The van der Waals surface area contributed by atoms with Gasteiger partial charge in [0.2, 0.25) is 0 Å². The second-order valence-corrected chi connectivity index (χ2v) is 4.21. The lowest BCUT2D eigenvalue weighted by Crippen LogP contribution is -1.97. The van der Waals surface area contributed by atoms with Gasteiger partial charge in [-0.15, -0.1) is 0 Å². The third kappa shape index (κ3) is 6.87. The summed E-state index contributed by atoms with van der Waals surface area (Å²) in [6, 6.07) is 3.79. The van der Waals surface area contributed by atoms with Crippen LogP contribution in [0.4, 0.5) is 11.4 Å². The lowest BCUT2D eigenvalue weighted by Gasteiger charge is -2.01. The number of rotatable bonds is 5. The second kappa shape index (κ2) is 9.07. The molecule has 0 heterocycles. The van der Waals surface area contributed by atoms with Crippen LogP contribution in [-0.4, -0.2) is 18.6 Å². The summed E-state index contributed by atoms with van der Waals surface area (Å²) >= 11 is -2.36. The Morgan fingerprint density at radius 2 is 1.80 bits per heavy atom. The van der Waals surface area contributed by atoms with E-state index in [-0.39, 0.29) is 11.4 Å². The molecule has 0 aliphatic rings. The Labute approximate surface area is 117 Å². The van der Waals surface area contributed by atoms with Gasteiger partial charge in [0.05, 0.1) is 15.9 Å². The molecule has 0 fully saturated rings. The molecule has 1 rings (SSSR count). The summed E-state index contributed by atoms with van der Waals surface area (Å²) in [6.45, 7) is 1.98. The number of non-ortho nitro benzene ring substituents is 1. The zero-order valence-corrected chi connectivity index (χ0v) is 11.5. The van der Waals surface area contributed by atoms with Crippen molar-refractivity contribution in [2.24, 2.45) is 5.14 Å². The molecule has 0 saturated carbocycles.